The van der Waals surface area contributed by atoms with Gasteiger partial charge in [-0.15, -0.1) is 0 Å². The molecule has 1 aliphatic rings. The van der Waals surface area contributed by atoms with E-state index < -0.39 is 17.7 Å². The van der Waals surface area contributed by atoms with E-state index in [1.54, 1.807) is 45.9 Å². The van der Waals surface area contributed by atoms with Crippen LogP contribution < -0.4 is 10.4 Å². The lowest BCUT2D eigenvalue weighted by atomic mass is 9.80. The van der Waals surface area contributed by atoms with Crippen molar-refractivity contribution in [2.45, 2.75) is 64.6 Å². The molecule has 1 aromatic heterocycles. The molecule has 3 rings (SSSR count). The van der Waals surface area contributed by atoms with Gasteiger partial charge in [-0.1, -0.05) is 32.4 Å². The van der Waals surface area contributed by atoms with Crippen molar-refractivity contribution in [1.29, 1.82) is 0 Å². The summed E-state index contributed by atoms with van der Waals surface area (Å²) < 4.78 is 5.30. The quantitative estimate of drug-likeness (QED) is 0.571. The van der Waals surface area contributed by atoms with E-state index >= 15 is 0 Å². The number of halogens is 1. The smallest absolute Gasteiger partial charge is 0.268 e. The van der Waals surface area contributed by atoms with Gasteiger partial charge in [-0.05, 0) is 50.5 Å². The first kappa shape index (κ1) is 22.2. The van der Waals surface area contributed by atoms with Crippen LogP contribution in [0.2, 0.25) is 5.02 Å². The van der Waals surface area contributed by atoms with E-state index in [1.165, 1.54) is 0 Å². The summed E-state index contributed by atoms with van der Waals surface area (Å²) in [6, 6.07) is 6.19. The SMILES string of the molecule is CC(=O)C1CC[C@@H](NC(=O)c2cc3cc(Cl)ccc3[nH]2)[C@H](N=C([O-])OC(C)(C)C)C1. The van der Waals surface area contributed by atoms with E-state index in [4.69, 9.17) is 16.3 Å². The number of H-pyrrole nitrogens is 1. The zero-order chi connectivity index (χ0) is 22.1. The fourth-order valence-electron chi connectivity index (χ4n) is 3.72. The molecule has 162 valence electrons. The van der Waals surface area contributed by atoms with E-state index in [2.05, 4.69) is 15.3 Å². The monoisotopic (exact) mass is 432 g/mol. The summed E-state index contributed by atoms with van der Waals surface area (Å²) in [4.78, 5) is 32.0. The highest BCUT2D eigenvalue weighted by molar-refractivity contribution is 6.31. The third-order valence-corrected chi connectivity index (χ3v) is 5.44. The number of carbonyl (C=O) groups is 2. The second-order valence-electron chi connectivity index (χ2n) is 8.79. The normalized spacial score (nSPS) is 22.7. The molecule has 30 heavy (non-hydrogen) atoms. The molecule has 1 saturated carbocycles. The predicted molar refractivity (Wildman–Crippen MR) is 115 cm³/mol. The van der Waals surface area contributed by atoms with Crippen LogP contribution in [0.4, 0.5) is 0 Å². The number of carbonyl (C=O) groups excluding carboxylic acids is 2. The van der Waals surface area contributed by atoms with Gasteiger partial charge in [-0.3, -0.25) is 14.6 Å². The lowest BCUT2D eigenvalue weighted by molar-refractivity contribution is -0.261. The summed E-state index contributed by atoms with van der Waals surface area (Å²) in [7, 11) is 0. The molecule has 1 heterocycles. The van der Waals surface area contributed by atoms with E-state index in [-0.39, 0.29) is 23.7 Å². The standard InChI is InChI=1S/C22H28ClN3O4/c1-12(27)13-5-7-17(18(10-13)26-21(29)30-22(2,3)4)25-20(28)19-11-14-9-15(23)6-8-16(14)24-19/h6,8-9,11,13,17-18,24H,5,7,10H2,1-4H3,(H,25,28)(H,26,29)/p-1/t13?,17-,18-/m1/s1. The van der Waals surface area contributed by atoms with Crippen LogP contribution in [0.3, 0.4) is 0 Å². The summed E-state index contributed by atoms with van der Waals surface area (Å²) in [5.74, 6) is -0.404. The first-order chi connectivity index (χ1) is 14.0. The fraction of sp³-hybridized carbons (Fsp3) is 0.500. The van der Waals surface area contributed by atoms with Crippen LogP contribution in [0.1, 0.15) is 57.4 Å². The van der Waals surface area contributed by atoms with Crippen LogP contribution in [0, 0.1) is 5.92 Å². The molecule has 7 nitrogen and oxygen atoms in total. The molecule has 1 aliphatic carbocycles. The maximum absolute atomic E-state index is 12.8. The third kappa shape index (κ3) is 5.53. The number of benzene rings is 1. The van der Waals surface area contributed by atoms with Crippen molar-refractivity contribution < 1.29 is 19.4 Å². The number of hydrogen-bond acceptors (Lipinski definition) is 5. The minimum atomic E-state index is -0.684. The maximum atomic E-state index is 12.8. The van der Waals surface area contributed by atoms with Crippen molar-refractivity contribution in [2.24, 2.45) is 10.9 Å². The first-order valence-corrected chi connectivity index (χ1v) is 10.4. The zero-order valence-corrected chi connectivity index (χ0v) is 18.4. The predicted octanol–water partition coefficient (Wildman–Crippen LogP) is 3.21. The van der Waals surface area contributed by atoms with Gasteiger partial charge in [0.25, 0.3) is 5.91 Å². The van der Waals surface area contributed by atoms with Crippen LogP contribution >= 0.6 is 11.6 Å². The molecular weight excluding hydrogens is 406 g/mol. The number of hydrogen-bond donors (Lipinski definition) is 2. The lowest BCUT2D eigenvalue weighted by Crippen LogP contribution is -2.48. The number of ketones is 1. The summed E-state index contributed by atoms with van der Waals surface area (Å²) in [5, 5.41) is 16.6. The summed E-state index contributed by atoms with van der Waals surface area (Å²) in [6.07, 6.45) is 0.917. The molecule has 1 amide bonds. The molecule has 2 aromatic rings. The highest BCUT2D eigenvalue weighted by atomic mass is 35.5. The maximum Gasteiger partial charge on any atom is 0.268 e. The molecule has 0 bridgehead atoms. The Morgan fingerprint density at radius 3 is 2.67 bits per heavy atom. The van der Waals surface area contributed by atoms with Crippen LogP contribution in [0.5, 0.6) is 0 Å². The first-order valence-electron chi connectivity index (χ1n) is 10.1. The number of fused-ring (bicyclic) bond motifs is 1. The number of nitrogens with zero attached hydrogens (tertiary/aromatic N) is 1. The minimum absolute atomic E-state index is 0.0664. The molecule has 1 unspecified atom stereocenters. The Kier molecular flexibility index (Phi) is 6.41. The van der Waals surface area contributed by atoms with Gasteiger partial charge in [0, 0.05) is 27.4 Å². The number of ether oxygens (including phenoxy) is 1. The van der Waals surface area contributed by atoms with Gasteiger partial charge in [0.05, 0.1) is 12.1 Å². The van der Waals surface area contributed by atoms with Crippen molar-refractivity contribution in [3.63, 3.8) is 0 Å². The highest BCUT2D eigenvalue weighted by Crippen LogP contribution is 2.28. The average Bonchev–Trinajstić information content (AvgIpc) is 3.04. The van der Waals surface area contributed by atoms with Gasteiger partial charge < -0.3 is 20.1 Å². The van der Waals surface area contributed by atoms with Crippen LogP contribution in [-0.4, -0.2) is 40.4 Å². The van der Waals surface area contributed by atoms with Crippen molar-refractivity contribution in [1.82, 2.24) is 10.3 Å². The Balaban J connectivity index is 1.79. The lowest BCUT2D eigenvalue weighted by Gasteiger charge is -2.36. The Morgan fingerprint density at radius 2 is 2.00 bits per heavy atom. The molecule has 0 aliphatic heterocycles. The van der Waals surface area contributed by atoms with Gasteiger partial charge in [0.1, 0.15) is 17.6 Å². The van der Waals surface area contributed by atoms with E-state index in [0.29, 0.717) is 30.0 Å². The Labute approximate surface area is 180 Å². The Bertz CT molecular complexity index is 976. The number of amides is 1. The van der Waals surface area contributed by atoms with Crippen LogP contribution in [-0.2, 0) is 9.53 Å². The van der Waals surface area contributed by atoms with E-state index in [1.807, 2.05) is 6.07 Å². The van der Waals surface area contributed by atoms with E-state index in [9.17, 15) is 14.7 Å². The van der Waals surface area contributed by atoms with Gasteiger partial charge in [-0.2, -0.15) is 0 Å². The Hall–Kier alpha value is -2.54. The molecule has 0 saturated heterocycles. The van der Waals surface area contributed by atoms with Crippen LogP contribution in [0.25, 0.3) is 10.9 Å². The second-order valence-corrected chi connectivity index (χ2v) is 9.23. The summed E-state index contributed by atoms with van der Waals surface area (Å²) >= 11 is 6.02. The van der Waals surface area contributed by atoms with Crippen molar-refractivity contribution in [3.05, 3.63) is 35.0 Å². The topological polar surface area (TPSA) is 107 Å². The second kappa shape index (κ2) is 8.68. The van der Waals surface area contributed by atoms with Crippen LogP contribution in [0.15, 0.2) is 29.3 Å². The van der Waals surface area contributed by atoms with E-state index in [0.717, 1.165) is 10.9 Å². The molecule has 1 aromatic carbocycles. The Morgan fingerprint density at radius 1 is 1.27 bits per heavy atom. The highest BCUT2D eigenvalue weighted by Gasteiger charge is 2.33. The molecular formula is C22H27ClN3O4-. The largest absolute Gasteiger partial charge is 0.595 e. The summed E-state index contributed by atoms with van der Waals surface area (Å²) in [6.45, 7) is 6.84. The summed E-state index contributed by atoms with van der Waals surface area (Å²) in [5.41, 5.74) is 0.538. The number of rotatable bonds is 4. The third-order valence-electron chi connectivity index (χ3n) is 5.20. The number of Topliss-reactive ketones (excluding diaryl/α,β-unsaturated/α-hetero) is 1. The molecule has 0 spiro atoms. The minimum Gasteiger partial charge on any atom is -0.595 e. The van der Waals surface area contributed by atoms with Crippen molar-refractivity contribution >= 4 is 40.3 Å². The van der Waals surface area contributed by atoms with Gasteiger partial charge in [0.15, 0.2) is 0 Å². The van der Waals surface area contributed by atoms with Gasteiger partial charge in [0.2, 0.25) is 0 Å². The van der Waals surface area contributed by atoms with Crippen molar-refractivity contribution in [2.75, 3.05) is 0 Å². The number of aromatic nitrogens is 1. The van der Waals surface area contributed by atoms with Gasteiger partial charge in [-0.25, -0.2) is 0 Å². The molecule has 3 atom stereocenters. The molecule has 1 fully saturated rings. The number of nitrogens with one attached hydrogen (secondary N) is 2. The van der Waals surface area contributed by atoms with Crippen molar-refractivity contribution in [3.8, 4) is 0 Å². The molecule has 0 radical (unpaired) electrons. The fourth-order valence-corrected chi connectivity index (χ4v) is 3.90. The number of aromatic amines is 1. The average molecular weight is 433 g/mol. The molecule has 8 heteroatoms. The zero-order valence-electron chi connectivity index (χ0n) is 17.6. The van der Waals surface area contributed by atoms with Gasteiger partial charge >= 0.3 is 0 Å². The number of aliphatic imine (C=N–C) groups is 1. The molecule has 2 N–H and O–H groups in total.